The molecule has 3 rings (SSSR count). The number of hydrogen-bond donors (Lipinski definition) is 3. The predicted molar refractivity (Wildman–Crippen MR) is 105 cm³/mol. The molecule has 8 heteroatoms. The second-order valence-corrected chi connectivity index (χ2v) is 6.09. The highest BCUT2D eigenvalue weighted by Gasteiger charge is 2.09. The van der Waals surface area contributed by atoms with Crippen molar-refractivity contribution in [2.24, 2.45) is 0 Å². The summed E-state index contributed by atoms with van der Waals surface area (Å²) in [5.74, 6) is -0.0509. The highest BCUT2D eigenvalue weighted by Crippen LogP contribution is 2.19. The lowest BCUT2D eigenvalue weighted by Gasteiger charge is -2.08. The van der Waals surface area contributed by atoms with Crippen LogP contribution >= 0.6 is 11.6 Å². The molecular formula is C19H16ClN5O2. The lowest BCUT2D eigenvalue weighted by molar-refractivity contribution is -0.114. The van der Waals surface area contributed by atoms with Gasteiger partial charge in [-0.3, -0.25) is 9.59 Å². The number of nitrogens with one attached hydrogen (secondary N) is 3. The Balaban J connectivity index is 1.65. The largest absolute Gasteiger partial charge is 0.339 e. The first-order valence-electron chi connectivity index (χ1n) is 8.05. The number of aromatic nitrogens is 2. The highest BCUT2D eigenvalue weighted by molar-refractivity contribution is 6.30. The van der Waals surface area contributed by atoms with E-state index in [4.69, 9.17) is 11.6 Å². The van der Waals surface area contributed by atoms with Crippen LogP contribution in [0.25, 0.3) is 0 Å². The molecule has 0 spiro atoms. The minimum atomic E-state index is -0.371. The van der Waals surface area contributed by atoms with Crippen molar-refractivity contribution in [1.82, 2.24) is 10.2 Å². The summed E-state index contributed by atoms with van der Waals surface area (Å²) in [4.78, 5) is 23.3. The van der Waals surface area contributed by atoms with Gasteiger partial charge in [0.05, 0.1) is 0 Å². The van der Waals surface area contributed by atoms with Crippen molar-refractivity contribution < 1.29 is 9.59 Å². The second kappa shape index (κ2) is 8.29. The van der Waals surface area contributed by atoms with Gasteiger partial charge in [-0.2, -0.15) is 0 Å². The van der Waals surface area contributed by atoms with Gasteiger partial charge in [0.25, 0.3) is 5.91 Å². The van der Waals surface area contributed by atoms with Crippen LogP contribution < -0.4 is 16.0 Å². The average molecular weight is 382 g/mol. The van der Waals surface area contributed by atoms with Gasteiger partial charge in [-0.1, -0.05) is 17.7 Å². The number of amides is 2. The van der Waals surface area contributed by atoms with Gasteiger partial charge >= 0.3 is 0 Å². The third kappa shape index (κ3) is 5.26. The molecule has 0 aliphatic rings. The van der Waals surface area contributed by atoms with Crippen LogP contribution in [0.15, 0.2) is 60.7 Å². The van der Waals surface area contributed by atoms with Gasteiger partial charge in [-0.05, 0) is 54.6 Å². The quantitative estimate of drug-likeness (QED) is 0.618. The van der Waals surface area contributed by atoms with E-state index in [9.17, 15) is 9.59 Å². The Hall–Kier alpha value is -3.45. The van der Waals surface area contributed by atoms with Crippen molar-refractivity contribution in [2.75, 3.05) is 16.0 Å². The van der Waals surface area contributed by atoms with Gasteiger partial charge in [0.15, 0.2) is 11.5 Å². The van der Waals surface area contributed by atoms with Crippen LogP contribution in [-0.4, -0.2) is 22.0 Å². The van der Waals surface area contributed by atoms with E-state index in [1.54, 1.807) is 54.6 Å². The summed E-state index contributed by atoms with van der Waals surface area (Å²) in [6, 6.07) is 17.2. The molecule has 3 N–H and O–H groups in total. The maximum Gasteiger partial charge on any atom is 0.276 e. The van der Waals surface area contributed by atoms with Crippen molar-refractivity contribution in [1.29, 1.82) is 0 Å². The molecule has 3 aromatic rings. The third-order valence-electron chi connectivity index (χ3n) is 3.45. The molecule has 2 aromatic carbocycles. The standard InChI is InChI=1S/C19H16ClN5O2/c1-12(26)21-15-3-2-4-16(11-15)22-18-10-9-17(24-25-18)19(27)23-14-7-5-13(20)6-8-14/h2-11H,1H3,(H,21,26)(H,22,25)(H,23,27). The summed E-state index contributed by atoms with van der Waals surface area (Å²) in [6.07, 6.45) is 0. The van der Waals surface area contributed by atoms with Crippen molar-refractivity contribution in [3.63, 3.8) is 0 Å². The minimum Gasteiger partial charge on any atom is -0.339 e. The topological polar surface area (TPSA) is 96.0 Å². The summed E-state index contributed by atoms with van der Waals surface area (Å²) in [5, 5.41) is 17.0. The lowest BCUT2D eigenvalue weighted by Crippen LogP contribution is -2.14. The van der Waals surface area contributed by atoms with Gasteiger partial charge < -0.3 is 16.0 Å². The Bertz CT molecular complexity index is 959. The van der Waals surface area contributed by atoms with Crippen LogP contribution in [0.4, 0.5) is 22.9 Å². The maximum absolute atomic E-state index is 12.2. The fourth-order valence-corrected chi connectivity index (χ4v) is 2.40. The van der Waals surface area contributed by atoms with E-state index in [1.807, 2.05) is 6.07 Å². The molecule has 0 bridgehead atoms. The summed E-state index contributed by atoms with van der Waals surface area (Å²) in [5.41, 5.74) is 2.19. The van der Waals surface area contributed by atoms with Crippen molar-refractivity contribution in [2.45, 2.75) is 6.92 Å². The number of nitrogens with zero attached hydrogens (tertiary/aromatic N) is 2. The minimum absolute atomic E-state index is 0.150. The Labute approximate surface area is 160 Å². The first-order chi connectivity index (χ1) is 13.0. The van der Waals surface area contributed by atoms with E-state index < -0.39 is 0 Å². The van der Waals surface area contributed by atoms with Gasteiger partial charge in [-0.25, -0.2) is 0 Å². The molecule has 136 valence electrons. The number of rotatable bonds is 5. The summed E-state index contributed by atoms with van der Waals surface area (Å²) in [6.45, 7) is 1.44. The maximum atomic E-state index is 12.2. The van der Waals surface area contributed by atoms with Gasteiger partial charge in [-0.15, -0.1) is 10.2 Å². The molecule has 0 aliphatic carbocycles. The molecule has 0 saturated carbocycles. The van der Waals surface area contributed by atoms with E-state index >= 15 is 0 Å². The smallest absolute Gasteiger partial charge is 0.276 e. The van der Waals surface area contributed by atoms with Crippen LogP contribution in [-0.2, 0) is 4.79 Å². The first kappa shape index (κ1) is 18.3. The second-order valence-electron chi connectivity index (χ2n) is 5.65. The monoisotopic (exact) mass is 381 g/mol. The fraction of sp³-hybridized carbons (Fsp3) is 0.0526. The molecule has 0 unspecified atom stereocenters. The van der Waals surface area contributed by atoms with Crippen LogP contribution in [0.3, 0.4) is 0 Å². The van der Waals surface area contributed by atoms with Crippen molar-refractivity contribution in [3.05, 3.63) is 71.4 Å². The van der Waals surface area contributed by atoms with Crippen LogP contribution in [0.5, 0.6) is 0 Å². The van der Waals surface area contributed by atoms with Gasteiger partial charge in [0, 0.05) is 29.0 Å². The number of carbonyl (C=O) groups is 2. The molecule has 7 nitrogen and oxygen atoms in total. The van der Waals surface area contributed by atoms with E-state index in [1.165, 1.54) is 6.92 Å². The number of benzene rings is 2. The number of anilines is 4. The average Bonchev–Trinajstić information content (AvgIpc) is 2.64. The van der Waals surface area contributed by atoms with E-state index in [2.05, 4.69) is 26.1 Å². The third-order valence-corrected chi connectivity index (χ3v) is 3.71. The molecule has 1 heterocycles. The highest BCUT2D eigenvalue weighted by atomic mass is 35.5. The Kier molecular flexibility index (Phi) is 5.63. The van der Waals surface area contributed by atoms with Gasteiger partial charge in [0.1, 0.15) is 0 Å². The zero-order chi connectivity index (χ0) is 19.2. The summed E-state index contributed by atoms with van der Waals surface area (Å²) in [7, 11) is 0. The SMILES string of the molecule is CC(=O)Nc1cccc(Nc2ccc(C(=O)Nc3ccc(Cl)cc3)nn2)c1. The zero-order valence-corrected chi connectivity index (χ0v) is 15.1. The summed E-state index contributed by atoms with van der Waals surface area (Å²) >= 11 is 5.82. The van der Waals surface area contributed by atoms with Crippen molar-refractivity contribution >= 4 is 46.3 Å². The normalized spacial score (nSPS) is 10.1. The molecule has 0 atom stereocenters. The van der Waals surface area contributed by atoms with Gasteiger partial charge in [0.2, 0.25) is 5.91 Å². The van der Waals surface area contributed by atoms with Crippen molar-refractivity contribution in [3.8, 4) is 0 Å². The zero-order valence-electron chi connectivity index (χ0n) is 14.4. The molecule has 27 heavy (non-hydrogen) atoms. The van der Waals surface area contributed by atoms with E-state index in [0.717, 1.165) is 5.69 Å². The first-order valence-corrected chi connectivity index (χ1v) is 8.43. The van der Waals surface area contributed by atoms with Crippen LogP contribution in [0, 0.1) is 0 Å². The van der Waals surface area contributed by atoms with Crippen LogP contribution in [0.2, 0.25) is 5.02 Å². The van der Waals surface area contributed by atoms with E-state index in [-0.39, 0.29) is 17.5 Å². The molecule has 1 aromatic heterocycles. The number of halogens is 1. The Morgan fingerprint density at radius 3 is 2.26 bits per heavy atom. The number of carbonyl (C=O) groups excluding carboxylic acids is 2. The molecule has 0 saturated heterocycles. The molecule has 0 fully saturated rings. The lowest BCUT2D eigenvalue weighted by atomic mass is 10.2. The Morgan fingerprint density at radius 2 is 1.59 bits per heavy atom. The summed E-state index contributed by atoms with van der Waals surface area (Å²) < 4.78 is 0. The number of hydrogen-bond acceptors (Lipinski definition) is 5. The molecule has 2 amide bonds. The fourth-order valence-electron chi connectivity index (χ4n) is 2.27. The molecule has 0 aliphatic heterocycles. The Morgan fingerprint density at radius 1 is 0.852 bits per heavy atom. The van der Waals surface area contributed by atoms with E-state index in [0.29, 0.717) is 22.2 Å². The molecular weight excluding hydrogens is 366 g/mol. The predicted octanol–water partition coefficient (Wildman–Crippen LogP) is 4.08. The molecule has 0 radical (unpaired) electrons. The van der Waals surface area contributed by atoms with Crippen LogP contribution in [0.1, 0.15) is 17.4 Å².